The van der Waals surface area contributed by atoms with E-state index in [1.165, 1.54) is 12.4 Å². The second-order valence-electron chi connectivity index (χ2n) is 2.89. The molecule has 0 aromatic carbocycles. The molecule has 14 heavy (non-hydrogen) atoms. The molecule has 1 aromatic heterocycles. The number of rotatable bonds is 3. The monoisotopic (exact) mass is 196 g/mol. The molecule has 0 fully saturated rings. The van der Waals surface area contributed by atoms with Gasteiger partial charge in [-0.05, 0) is 13.8 Å². The summed E-state index contributed by atoms with van der Waals surface area (Å²) in [5.74, 6) is 0.336. The van der Waals surface area contributed by atoms with Crippen molar-refractivity contribution in [2.24, 2.45) is 10.9 Å². The number of nitrogens with zero attached hydrogens (tertiary/aromatic N) is 3. The van der Waals surface area contributed by atoms with Crippen molar-refractivity contribution in [2.45, 2.75) is 20.0 Å². The lowest BCUT2D eigenvalue weighted by Crippen LogP contribution is -2.16. The number of hydrogen-bond acceptors (Lipinski definition) is 5. The molecule has 0 amide bonds. The Morgan fingerprint density at radius 3 is 2.64 bits per heavy atom. The Morgan fingerprint density at radius 2 is 2.21 bits per heavy atom. The van der Waals surface area contributed by atoms with Gasteiger partial charge in [-0.15, -0.1) is 0 Å². The van der Waals surface area contributed by atoms with E-state index in [1.54, 1.807) is 0 Å². The van der Waals surface area contributed by atoms with E-state index in [1.807, 2.05) is 13.8 Å². The minimum atomic E-state index is -0.0754. The van der Waals surface area contributed by atoms with Crippen LogP contribution in [0, 0.1) is 0 Å². The van der Waals surface area contributed by atoms with Crippen molar-refractivity contribution in [2.75, 3.05) is 0 Å². The third-order valence-corrected chi connectivity index (χ3v) is 1.35. The normalized spacial score (nSPS) is 11.8. The molecule has 1 rings (SSSR count). The lowest BCUT2D eigenvalue weighted by Gasteiger charge is -2.07. The molecule has 0 aliphatic rings. The minimum absolute atomic E-state index is 0.0407. The molecule has 6 nitrogen and oxygen atoms in total. The van der Waals surface area contributed by atoms with E-state index in [-0.39, 0.29) is 11.9 Å². The van der Waals surface area contributed by atoms with Crippen LogP contribution >= 0.6 is 0 Å². The van der Waals surface area contributed by atoms with Gasteiger partial charge in [0.05, 0.1) is 18.5 Å². The smallest absolute Gasteiger partial charge is 0.232 e. The largest absolute Gasteiger partial charge is 0.474 e. The van der Waals surface area contributed by atoms with Gasteiger partial charge in [0.2, 0.25) is 5.88 Å². The summed E-state index contributed by atoms with van der Waals surface area (Å²) >= 11 is 0. The fourth-order valence-electron chi connectivity index (χ4n) is 0.802. The van der Waals surface area contributed by atoms with Crippen LogP contribution in [0.3, 0.4) is 0 Å². The van der Waals surface area contributed by atoms with Crippen LogP contribution in [0.5, 0.6) is 5.88 Å². The first-order valence-corrected chi connectivity index (χ1v) is 4.10. The number of hydrogen-bond donors (Lipinski definition) is 2. The average molecular weight is 196 g/mol. The molecule has 6 heteroatoms. The molecular weight excluding hydrogens is 184 g/mol. The quantitative estimate of drug-likeness (QED) is 0.315. The maximum atomic E-state index is 8.37. The van der Waals surface area contributed by atoms with Gasteiger partial charge in [-0.3, -0.25) is 0 Å². The maximum absolute atomic E-state index is 8.37. The van der Waals surface area contributed by atoms with E-state index >= 15 is 0 Å². The number of nitrogens with two attached hydrogens (primary N) is 1. The summed E-state index contributed by atoms with van der Waals surface area (Å²) in [4.78, 5) is 7.83. The summed E-state index contributed by atoms with van der Waals surface area (Å²) in [5, 5.41) is 11.2. The molecule has 1 aromatic rings. The second-order valence-corrected chi connectivity index (χ2v) is 2.89. The highest BCUT2D eigenvalue weighted by molar-refractivity contribution is 5.94. The third-order valence-electron chi connectivity index (χ3n) is 1.35. The van der Waals surface area contributed by atoms with Gasteiger partial charge in [0.1, 0.15) is 5.69 Å². The molecule has 0 spiro atoms. The van der Waals surface area contributed by atoms with Crippen LogP contribution in [0.15, 0.2) is 17.5 Å². The molecule has 0 unspecified atom stereocenters. The van der Waals surface area contributed by atoms with Crippen molar-refractivity contribution in [3.05, 3.63) is 18.1 Å². The van der Waals surface area contributed by atoms with Gasteiger partial charge >= 0.3 is 0 Å². The number of amidine groups is 1. The SMILES string of the molecule is CC(C)Oc1cnc(/C(N)=N/O)cn1. The summed E-state index contributed by atoms with van der Waals surface area (Å²) < 4.78 is 5.27. The van der Waals surface area contributed by atoms with Gasteiger partial charge in [-0.2, -0.15) is 0 Å². The van der Waals surface area contributed by atoms with Crippen LogP contribution < -0.4 is 10.5 Å². The van der Waals surface area contributed by atoms with Crippen LogP contribution in [0.4, 0.5) is 0 Å². The van der Waals surface area contributed by atoms with Crippen molar-refractivity contribution < 1.29 is 9.94 Å². The van der Waals surface area contributed by atoms with Crippen LogP contribution in [-0.2, 0) is 0 Å². The molecule has 1 heterocycles. The van der Waals surface area contributed by atoms with Gasteiger partial charge < -0.3 is 15.7 Å². The van der Waals surface area contributed by atoms with Crippen LogP contribution in [-0.4, -0.2) is 27.1 Å². The highest BCUT2D eigenvalue weighted by Gasteiger charge is 2.03. The maximum Gasteiger partial charge on any atom is 0.232 e. The molecule has 3 N–H and O–H groups in total. The Balaban J connectivity index is 2.78. The Hall–Kier alpha value is -1.85. The Labute approximate surface area is 81.4 Å². The van der Waals surface area contributed by atoms with Crippen LogP contribution in [0.25, 0.3) is 0 Å². The first-order chi connectivity index (χ1) is 6.63. The zero-order valence-electron chi connectivity index (χ0n) is 8.01. The molecule has 76 valence electrons. The predicted octanol–water partition coefficient (Wildman–Crippen LogP) is 0.358. The first-order valence-electron chi connectivity index (χ1n) is 4.10. The van der Waals surface area contributed by atoms with E-state index in [9.17, 15) is 0 Å². The van der Waals surface area contributed by atoms with Crippen molar-refractivity contribution in [1.29, 1.82) is 0 Å². The molecule has 0 bridgehead atoms. The Morgan fingerprint density at radius 1 is 1.50 bits per heavy atom. The lowest BCUT2D eigenvalue weighted by atomic mass is 10.4. The van der Waals surface area contributed by atoms with E-state index in [0.717, 1.165) is 0 Å². The van der Waals surface area contributed by atoms with Crippen LogP contribution in [0.2, 0.25) is 0 Å². The minimum Gasteiger partial charge on any atom is -0.474 e. The molecule has 0 aliphatic carbocycles. The van der Waals surface area contributed by atoms with Crippen LogP contribution in [0.1, 0.15) is 19.5 Å². The molecule has 0 saturated carbocycles. The van der Waals surface area contributed by atoms with E-state index < -0.39 is 0 Å². The molecule has 0 atom stereocenters. The van der Waals surface area contributed by atoms with Crippen molar-refractivity contribution >= 4 is 5.84 Å². The Kier molecular flexibility index (Phi) is 3.22. The zero-order valence-corrected chi connectivity index (χ0v) is 8.01. The topological polar surface area (TPSA) is 93.6 Å². The summed E-state index contributed by atoms with van der Waals surface area (Å²) in [7, 11) is 0. The van der Waals surface area contributed by atoms with Gasteiger partial charge in [0, 0.05) is 0 Å². The third kappa shape index (κ3) is 2.58. The standard InChI is InChI=1S/C8H12N4O2/c1-5(2)14-7-4-10-6(3-11-7)8(9)12-13/h3-5,13H,1-2H3,(H2,9,12). The summed E-state index contributed by atoms with van der Waals surface area (Å²) in [5.41, 5.74) is 5.61. The second kappa shape index (κ2) is 4.40. The van der Waals surface area contributed by atoms with E-state index in [4.69, 9.17) is 15.7 Å². The lowest BCUT2D eigenvalue weighted by molar-refractivity contribution is 0.231. The van der Waals surface area contributed by atoms with Gasteiger partial charge in [0.15, 0.2) is 5.84 Å². The number of oxime groups is 1. The first kappa shape index (κ1) is 10.2. The van der Waals surface area contributed by atoms with E-state index in [0.29, 0.717) is 11.6 Å². The highest BCUT2D eigenvalue weighted by Crippen LogP contribution is 2.05. The van der Waals surface area contributed by atoms with Crippen molar-refractivity contribution in [1.82, 2.24) is 9.97 Å². The summed E-state index contributed by atoms with van der Waals surface area (Å²) in [6, 6.07) is 0. The fraction of sp³-hybridized carbons (Fsp3) is 0.375. The average Bonchev–Trinajstić information content (AvgIpc) is 2.17. The fourth-order valence-corrected chi connectivity index (χ4v) is 0.802. The van der Waals surface area contributed by atoms with Crippen molar-refractivity contribution in [3.63, 3.8) is 0 Å². The number of ether oxygens (including phenoxy) is 1. The molecular formula is C8H12N4O2. The van der Waals surface area contributed by atoms with E-state index in [2.05, 4.69) is 15.1 Å². The van der Waals surface area contributed by atoms with Crippen molar-refractivity contribution in [3.8, 4) is 5.88 Å². The molecule has 0 saturated heterocycles. The highest BCUT2D eigenvalue weighted by atomic mass is 16.5. The Bertz CT molecular complexity index is 321. The predicted molar refractivity (Wildman–Crippen MR) is 50.3 cm³/mol. The summed E-state index contributed by atoms with van der Waals surface area (Å²) in [6.07, 6.45) is 2.85. The molecule has 0 radical (unpaired) electrons. The van der Waals surface area contributed by atoms with Gasteiger partial charge in [-0.25, -0.2) is 9.97 Å². The van der Waals surface area contributed by atoms with Gasteiger partial charge in [-0.1, -0.05) is 5.16 Å². The zero-order chi connectivity index (χ0) is 10.6. The summed E-state index contributed by atoms with van der Waals surface area (Å²) in [6.45, 7) is 3.78. The molecule has 0 aliphatic heterocycles. The number of aromatic nitrogens is 2. The van der Waals surface area contributed by atoms with Gasteiger partial charge in [0.25, 0.3) is 0 Å².